The number of carbonyl (C=O) groups excluding carboxylic acids is 6. The molecule has 6 amide bonds. The number of aromatic nitrogens is 9. The van der Waals surface area contributed by atoms with Gasteiger partial charge in [0.2, 0.25) is 17.7 Å². The van der Waals surface area contributed by atoms with Crippen molar-refractivity contribution >= 4 is 86.4 Å². The van der Waals surface area contributed by atoms with Crippen LogP contribution in [0.1, 0.15) is 105 Å². The number of carbonyl (C=O) groups is 6. The number of anilines is 3. The monoisotopic (exact) mass is 1070 g/mol. The number of H-pyrrole nitrogens is 3. The van der Waals surface area contributed by atoms with Gasteiger partial charge in [0, 0.05) is 94.6 Å². The lowest BCUT2D eigenvalue weighted by atomic mass is 9.94. The molecule has 9 rings (SSSR count). The van der Waals surface area contributed by atoms with E-state index < -0.39 is 0 Å². The molecule has 24 heteroatoms. The number of amides is 6. The smallest absolute Gasteiger partial charge is 0.255 e. The van der Waals surface area contributed by atoms with Gasteiger partial charge < -0.3 is 61.6 Å². The number of rotatable bonds is 15. The van der Waals surface area contributed by atoms with Gasteiger partial charge in [0.15, 0.2) is 16.9 Å². The Hall–Kier alpha value is -8.70. The second kappa shape index (κ2) is 26.4. The lowest BCUT2D eigenvalue weighted by molar-refractivity contribution is -0.130. The van der Waals surface area contributed by atoms with Crippen molar-refractivity contribution < 1.29 is 28.8 Å². The van der Waals surface area contributed by atoms with Gasteiger partial charge in [-0.2, -0.15) is 0 Å². The first-order valence-electron chi connectivity index (χ1n) is 26.5. The molecule has 0 saturated carbocycles. The third-order valence-electron chi connectivity index (χ3n) is 14.0. The van der Waals surface area contributed by atoms with E-state index in [9.17, 15) is 28.8 Å². The zero-order chi connectivity index (χ0) is 56.0. The molecule has 0 aliphatic carbocycles. The molecule has 0 spiro atoms. The molecule has 0 aromatic carbocycles. The second-order valence-electron chi connectivity index (χ2n) is 19.4. The molecule has 9 heterocycles. The molecule has 6 atom stereocenters. The van der Waals surface area contributed by atoms with Crippen LogP contribution >= 0.6 is 0 Å². The maximum atomic E-state index is 12.1. The minimum absolute atomic E-state index is 0.0314. The third kappa shape index (κ3) is 13.6. The zero-order valence-electron chi connectivity index (χ0n) is 45.2. The molecule has 3 aliphatic rings. The Kier molecular flexibility index (Phi) is 19.3. The first-order chi connectivity index (χ1) is 37.6. The van der Waals surface area contributed by atoms with Crippen molar-refractivity contribution in [3.05, 3.63) is 91.8 Å². The number of aromatic amines is 3. The summed E-state index contributed by atoms with van der Waals surface area (Å²) < 4.78 is 0. The van der Waals surface area contributed by atoms with Crippen molar-refractivity contribution in [1.29, 1.82) is 0 Å². The summed E-state index contributed by atoms with van der Waals surface area (Å²) in [4.78, 5) is 113. The van der Waals surface area contributed by atoms with Crippen LogP contribution in [0.4, 0.5) is 17.5 Å². The van der Waals surface area contributed by atoms with Crippen LogP contribution in [0.3, 0.4) is 0 Å². The quantitative estimate of drug-likeness (QED) is 0.0617. The van der Waals surface area contributed by atoms with Gasteiger partial charge in [0.25, 0.3) is 17.7 Å². The predicted molar refractivity (Wildman–Crippen MR) is 300 cm³/mol. The van der Waals surface area contributed by atoms with Gasteiger partial charge in [0.1, 0.15) is 34.0 Å². The third-order valence-corrected chi connectivity index (χ3v) is 14.0. The van der Waals surface area contributed by atoms with Crippen LogP contribution in [0.25, 0.3) is 33.5 Å². The Balaban J connectivity index is 0.000000170. The molecule has 3 fully saturated rings. The van der Waals surface area contributed by atoms with Crippen molar-refractivity contribution in [3.63, 3.8) is 0 Å². The fourth-order valence-corrected chi connectivity index (χ4v) is 9.96. The zero-order valence-corrected chi connectivity index (χ0v) is 45.2. The van der Waals surface area contributed by atoms with Crippen LogP contribution in [0.15, 0.2) is 75.1 Å². The normalized spacial score (nSPS) is 20.0. The highest BCUT2D eigenvalue weighted by molar-refractivity contribution is 6.06. The van der Waals surface area contributed by atoms with Gasteiger partial charge in [0.05, 0.1) is 35.3 Å². The number of nitrogens with one attached hydrogen (secondary N) is 9. The summed E-state index contributed by atoms with van der Waals surface area (Å²) in [5.74, 6) is 1.54. The van der Waals surface area contributed by atoms with E-state index in [1.165, 1.54) is 18.2 Å². The summed E-state index contributed by atoms with van der Waals surface area (Å²) in [5.41, 5.74) is 4.84. The fraction of sp³-hybridized carbons (Fsp3) is 0.444. The van der Waals surface area contributed by atoms with Crippen LogP contribution in [-0.2, 0) is 14.4 Å². The van der Waals surface area contributed by atoms with Gasteiger partial charge in [-0.1, -0.05) is 26.7 Å². The van der Waals surface area contributed by atoms with Crippen LogP contribution in [0.5, 0.6) is 0 Å². The largest absolute Gasteiger partial charge is 0.366 e. The Labute approximate surface area is 452 Å². The molecule has 0 bridgehead atoms. The maximum absolute atomic E-state index is 12.1. The summed E-state index contributed by atoms with van der Waals surface area (Å²) >= 11 is 0. The van der Waals surface area contributed by atoms with Crippen LogP contribution < -0.4 is 31.9 Å². The molecule has 9 N–H and O–H groups in total. The lowest BCUT2D eigenvalue weighted by Gasteiger charge is -2.37. The number of hydrogen-bond acceptors (Lipinski definition) is 15. The second-order valence-corrected chi connectivity index (χ2v) is 19.4. The lowest BCUT2D eigenvalue weighted by Crippen LogP contribution is -2.47. The summed E-state index contributed by atoms with van der Waals surface area (Å²) in [6.45, 7) is 26.8. The van der Waals surface area contributed by atoms with Crippen molar-refractivity contribution in [2.75, 3.05) is 61.8 Å². The molecule has 6 aromatic heterocycles. The number of fused-ring (bicyclic) bond motifs is 3. The molecular formula is C54H72N18O6. The van der Waals surface area contributed by atoms with E-state index in [1.807, 2.05) is 49.3 Å². The Bertz CT molecular complexity index is 3010. The average molecular weight is 1070 g/mol. The van der Waals surface area contributed by atoms with E-state index >= 15 is 0 Å². The first kappa shape index (κ1) is 57.0. The summed E-state index contributed by atoms with van der Waals surface area (Å²) in [7, 11) is 0. The van der Waals surface area contributed by atoms with Gasteiger partial charge in [-0.3, -0.25) is 28.8 Å². The molecule has 414 valence electrons. The standard InChI is InChI=1S/3C18H24N6O2/c1-4-15(25)24-7-6-13(11(3)10-24)22-14-9-21-17-16(23-14)12(8-20-17)18(26)19-5-2;2*1-4-15(25)24-7-6-12(8-11(24)3)22-14-10-21-17-16(23-14)13(9-20-17)18(26)19-5-2/h4,8-9,11,13H,1,5-7,10H2,2-3H3,(H,19,26)(H,20,21)(H,22,23);2*4,9-12H,1,5-8H2,2-3H3,(H,19,26)(H,20,21)(H,22,23)/t11-,13-;2*11-,12+/m110/s1. The van der Waals surface area contributed by atoms with Crippen molar-refractivity contribution in [2.45, 2.75) is 104 Å². The fourth-order valence-electron chi connectivity index (χ4n) is 9.96. The molecule has 3 saturated heterocycles. The van der Waals surface area contributed by atoms with E-state index in [4.69, 9.17) is 0 Å². The van der Waals surface area contributed by atoms with E-state index in [0.29, 0.717) is 113 Å². The molecule has 6 aromatic rings. The number of hydrogen-bond donors (Lipinski definition) is 9. The molecule has 24 nitrogen and oxygen atoms in total. The average Bonchev–Trinajstić information content (AvgIpc) is 4.20. The highest BCUT2D eigenvalue weighted by atomic mass is 16.2. The Morgan fingerprint density at radius 1 is 0.551 bits per heavy atom. The van der Waals surface area contributed by atoms with Crippen LogP contribution in [0.2, 0.25) is 0 Å². The number of nitrogens with zero attached hydrogens (tertiary/aromatic N) is 9. The van der Waals surface area contributed by atoms with Crippen LogP contribution in [0, 0.1) is 5.92 Å². The van der Waals surface area contributed by atoms with Crippen molar-refractivity contribution in [2.24, 2.45) is 5.92 Å². The Morgan fingerprint density at radius 3 is 1.26 bits per heavy atom. The van der Waals surface area contributed by atoms with Gasteiger partial charge in [-0.25, -0.2) is 29.9 Å². The van der Waals surface area contributed by atoms with Crippen LogP contribution in [-0.4, -0.2) is 171 Å². The highest BCUT2D eigenvalue weighted by Gasteiger charge is 2.31. The molecular weight excluding hydrogens is 997 g/mol. The van der Waals surface area contributed by atoms with Crippen molar-refractivity contribution in [3.8, 4) is 0 Å². The molecule has 0 unspecified atom stereocenters. The minimum Gasteiger partial charge on any atom is -0.366 e. The predicted octanol–water partition coefficient (Wildman–Crippen LogP) is 4.91. The van der Waals surface area contributed by atoms with Gasteiger partial charge >= 0.3 is 0 Å². The van der Waals surface area contributed by atoms with E-state index in [2.05, 4.69) is 103 Å². The topological polar surface area (TPSA) is 309 Å². The first-order valence-corrected chi connectivity index (χ1v) is 26.5. The minimum atomic E-state index is -0.171. The van der Waals surface area contributed by atoms with E-state index in [1.54, 1.807) is 37.2 Å². The molecule has 78 heavy (non-hydrogen) atoms. The van der Waals surface area contributed by atoms with Gasteiger partial charge in [-0.15, -0.1) is 0 Å². The van der Waals surface area contributed by atoms with Crippen molar-refractivity contribution in [1.82, 2.24) is 75.5 Å². The highest BCUT2D eigenvalue weighted by Crippen LogP contribution is 2.26. The molecule has 3 aliphatic heterocycles. The maximum Gasteiger partial charge on any atom is 0.255 e. The van der Waals surface area contributed by atoms with E-state index in [-0.39, 0.29) is 71.6 Å². The number of piperidine rings is 3. The summed E-state index contributed by atoms with van der Waals surface area (Å²) in [6, 6.07) is 0.820. The summed E-state index contributed by atoms with van der Waals surface area (Å²) in [6.07, 6.45) is 18.0. The summed E-state index contributed by atoms with van der Waals surface area (Å²) in [5, 5.41) is 18.5. The SMILES string of the molecule is C=CC(=O)N1CC[C@@H](Nc2cnc3[nH]cc(C(=O)NCC)c3n2)C[C@@H]1C.C=CC(=O)N1CC[C@@H](Nc2cnc3[nH]cc(C(=O)NCC)c3n2)[C@H](C)C1.C=CC(=O)N1CC[C@H](Nc2cnc3[nH]cc(C(=O)NCC)c3n2)C[C@H]1C. The Morgan fingerprint density at radius 2 is 0.923 bits per heavy atom. The van der Waals surface area contributed by atoms with E-state index in [0.717, 1.165) is 32.1 Å². The molecule has 0 radical (unpaired) electrons. The number of likely N-dealkylation sites (tertiary alicyclic amines) is 3. The van der Waals surface area contributed by atoms with Gasteiger partial charge in [-0.05, 0) is 90.9 Å².